The van der Waals surface area contributed by atoms with Crippen molar-refractivity contribution >= 4 is 40.9 Å². The Bertz CT molecular complexity index is 1110. The molecule has 0 bridgehead atoms. The third kappa shape index (κ3) is 7.36. The number of nitrogens with one attached hydrogen (secondary N) is 2. The van der Waals surface area contributed by atoms with Crippen LogP contribution in [0.25, 0.3) is 0 Å². The lowest BCUT2D eigenvalue weighted by atomic mass is 10.1. The number of rotatable bonds is 8. The summed E-state index contributed by atoms with van der Waals surface area (Å²) in [4.78, 5) is 36.5. The van der Waals surface area contributed by atoms with E-state index in [1.807, 2.05) is 12.1 Å². The van der Waals surface area contributed by atoms with E-state index in [9.17, 15) is 14.4 Å². The Balaban J connectivity index is 1.59. The Labute approximate surface area is 196 Å². The molecule has 8 heteroatoms. The predicted molar refractivity (Wildman–Crippen MR) is 127 cm³/mol. The lowest BCUT2D eigenvalue weighted by Crippen LogP contribution is -2.17. The first-order valence-electron chi connectivity index (χ1n) is 10.3. The van der Waals surface area contributed by atoms with Gasteiger partial charge in [0.2, 0.25) is 5.91 Å². The predicted octanol–water partition coefficient (Wildman–Crippen LogP) is 5.70. The Kier molecular flexibility index (Phi) is 8.43. The Morgan fingerprint density at radius 3 is 2.12 bits per heavy atom. The molecule has 3 aromatic rings. The van der Waals surface area contributed by atoms with Gasteiger partial charge in [-0.3, -0.25) is 9.59 Å². The topological polar surface area (TPSA) is 93.7 Å². The van der Waals surface area contributed by atoms with Gasteiger partial charge < -0.3 is 20.1 Å². The summed E-state index contributed by atoms with van der Waals surface area (Å²) in [6.07, 6.45) is 0.0410. The second kappa shape index (κ2) is 11.7. The largest absolute Gasteiger partial charge is 0.513 e. The number of carbonyl (C=O) groups excluding carboxylic acids is 3. The summed E-state index contributed by atoms with van der Waals surface area (Å²) in [5.41, 5.74) is 2.32. The molecule has 7 nitrogen and oxygen atoms in total. The van der Waals surface area contributed by atoms with Gasteiger partial charge in [0.15, 0.2) is 0 Å². The minimum Gasteiger partial charge on any atom is -0.434 e. The van der Waals surface area contributed by atoms with Gasteiger partial charge in [-0.05, 0) is 67.4 Å². The fourth-order valence-corrected chi connectivity index (χ4v) is 3.06. The molecule has 0 saturated carbocycles. The zero-order valence-corrected chi connectivity index (χ0v) is 18.7. The Morgan fingerprint density at radius 2 is 1.48 bits per heavy atom. The molecule has 0 unspecified atom stereocenters. The fraction of sp³-hybridized carbons (Fsp3) is 0.160. The van der Waals surface area contributed by atoms with Crippen LogP contribution in [0, 0.1) is 0 Å². The van der Waals surface area contributed by atoms with Crippen molar-refractivity contribution in [1.82, 2.24) is 0 Å². The lowest BCUT2D eigenvalue weighted by molar-refractivity contribution is -0.116. The van der Waals surface area contributed by atoms with Gasteiger partial charge in [0.1, 0.15) is 5.75 Å². The van der Waals surface area contributed by atoms with Crippen LogP contribution in [0.3, 0.4) is 0 Å². The van der Waals surface area contributed by atoms with Crippen LogP contribution in [0.5, 0.6) is 5.75 Å². The van der Waals surface area contributed by atoms with Crippen LogP contribution in [0.2, 0.25) is 5.02 Å². The molecule has 0 atom stereocenters. The maximum Gasteiger partial charge on any atom is 0.513 e. The summed E-state index contributed by atoms with van der Waals surface area (Å²) in [7, 11) is 0. The number of aryl methyl sites for hydroxylation is 1. The molecule has 2 amide bonds. The summed E-state index contributed by atoms with van der Waals surface area (Å²) in [5, 5.41) is 6.28. The van der Waals surface area contributed by atoms with Crippen LogP contribution in [0.4, 0.5) is 16.2 Å². The normalized spacial score (nSPS) is 10.2. The molecule has 0 heterocycles. The van der Waals surface area contributed by atoms with E-state index < -0.39 is 6.16 Å². The standard InChI is InChI=1S/C25H23ClN2O5/c1-2-32-25(31)33-20-14-10-18(11-15-20)24(30)28-22-6-4-3-5-21(22)27-23(29)16-9-17-7-12-19(26)13-8-17/h3-8,10-15H,2,9,16H2,1H3,(H,27,29)(H,28,30). The number of anilines is 2. The van der Waals surface area contributed by atoms with E-state index in [1.54, 1.807) is 43.3 Å². The van der Waals surface area contributed by atoms with Crippen molar-refractivity contribution in [1.29, 1.82) is 0 Å². The highest BCUT2D eigenvalue weighted by molar-refractivity contribution is 6.30. The van der Waals surface area contributed by atoms with Crippen LogP contribution in [0.1, 0.15) is 29.3 Å². The lowest BCUT2D eigenvalue weighted by Gasteiger charge is -2.13. The van der Waals surface area contributed by atoms with Crippen molar-refractivity contribution in [3.8, 4) is 5.75 Å². The van der Waals surface area contributed by atoms with E-state index in [0.717, 1.165) is 5.56 Å². The summed E-state index contributed by atoms with van der Waals surface area (Å²) >= 11 is 5.89. The number of halogens is 1. The molecule has 33 heavy (non-hydrogen) atoms. The van der Waals surface area contributed by atoms with Gasteiger partial charge >= 0.3 is 6.16 Å². The summed E-state index contributed by atoms with van der Waals surface area (Å²) in [6, 6.07) is 20.3. The molecule has 0 radical (unpaired) electrons. The first-order chi connectivity index (χ1) is 15.9. The molecule has 2 N–H and O–H groups in total. The zero-order chi connectivity index (χ0) is 23.6. The molecule has 0 aliphatic rings. The van der Waals surface area contributed by atoms with Crippen LogP contribution < -0.4 is 15.4 Å². The first-order valence-corrected chi connectivity index (χ1v) is 10.7. The Hall–Kier alpha value is -3.84. The van der Waals surface area contributed by atoms with E-state index >= 15 is 0 Å². The molecular formula is C25H23ClN2O5. The number of para-hydroxylation sites is 2. The van der Waals surface area contributed by atoms with Crippen molar-refractivity contribution in [3.05, 3.63) is 88.9 Å². The van der Waals surface area contributed by atoms with Crippen molar-refractivity contribution in [3.63, 3.8) is 0 Å². The molecule has 0 fully saturated rings. The van der Waals surface area contributed by atoms with E-state index in [4.69, 9.17) is 21.1 Å². The van der Waals surface area contributed by atoms with E-state index in [1.165, 1.54) is 24.3 Å². The van der Waals surface area contributed by atoms with Gasteiger partial charge in [-0.25, -0.2) is 4.79 Å². The molecule has 3 rings (SSSR count). The fourth-order valence-electron chi connectivity index (χ4n) is 2.94. The van der Waals surface area contributed by atoms with Crippen LogP contribution in [0.15, 0.2) is 72.8 Å². The number of hydrogen-bond donors (Lipinski definition) is 2. The highest BCUT2D eigenvalue weighted by Crippen LogP contribution is 2.23. The monoisotopic (exact) mass is 466 g/mol. The second-order valence-corrected chi connectivity index (χ2v) is 7.42. The summed E-state index contributed by atoms with van der Waals surface area (Å²) in [6.45, 7) is 1.88. The van der Waals surface area contributed by atoms with Gasteiger partial charge in [-0.2, -0.15) is 0 Å². The highest BCUT2D eigenvalue weighted by atomic mass is 35.5. The number of ether oxygens (including phenoxy) is 2. The minimum atomic E-state index is -0.810. The SMILES string of the molecule is CCOC(=O)Oc1ccc(C(=O)Nc2ccccc2NC(=O)CCc2ccc(Cl)cc2)cc1. The second-order valence-electron chi connectivity index (χ2n) is 6.98. The quantitative estimate of drug-likeness (QED) is 0.328. The van der Waals surface area contributed by atoms with Gasteiger partial charge in [0.05, 0.1) is 18.0 Å². The highest BCUT2D eigenvalue weighted by Gasteiger charge is 2.12. The first kappa shape index (κ1) is 23.8. The molecule has 0 aliphatic carbocycles. The zero-order valence-electron chi connectivity index (χ0n) is 18.0. The average Bonchev–Trinajstić information content (AvgIpc) is 2.80. The summed E-state index contributed by atoms with van der Waals surface area (Å²) < 4.78 is 9.70. The van der Waals surface area contributed by atoms with Gasteiger partial charge in [0.25, 0.3) is 5.91 Å². The van der Waals surface area contributed by atoms with E-state index in [-0.39, 0.29) is 30.6 Å². The van der Waals surface area contributed by atoms with Gasteiger partial charge in [0, 0.05) is 17.0 Å². The maximum absolute atomic E-state index is 12.7. The number of carbonyl (C=O) groups is 3. The van der Waals surface area contributed by atoms with Gasteiger partial charge in [-0.1, -0.05) is 35.9 Å². The summed E-state index contributed by atoms with van der Waals surface area (Å²) in [5.74, 6) is -0.286. The van der Waals surface area contributed by atoms with Crippen molar-refractivity contribution in [2.75, 3.05) is 17.2 Å². The smallest absolute Gasteiger partial charge is 0.434 e. The van der Waals surface area contributed by atoms with E-state index in [2.05, 4.69) is 10.6 Å². The number of benzene rings is 3. The Morgan fingerprint density at radius 1 is 0.848 bits per heavy atom. The molecule has 0 saturated heterocycles. The third-order valence-corrected chi connectivity index (χ3v) is 4.84. The van der Waals surface area contributed by atoms with Crippen molar-refractivity contribution in [2.24, 2.45) is 0 Å². The molecule has 170 valence electrons. The molecule has 0 aromatic heterocycles. The van der Waals surface area contributed by atoms with Crippen LogP contribution >= 0.6 is 11.6 Å². The van der Waals surface area contributed by atoms with Crippen LogP contribution in [-0.4, -0.2) is 24.6 Å². The minimum absolute atomic E-state index is 0.174. The van der Waals surface area contributed by atoms with Crippen LogP contribution in [-0.2, 0) is 16.0 Å². The molecule has 0 aliphatic heterocycles. The maximum atomic E-state index is 12.7. The molecule has 3 aromatic carbocycles. The average molecular weight is 467 g/mol. The van der Waals surface area contributed by atoms with Gasteiger partial charge in [-0.15, -0.1) is 0 Å². The number of amides is 2. The third-order valence-electron chi connectivity index (χ3n) is 4.58. The van der Waals surface area contributed by atoms with E-state index in [0.29, 0.717) is 28.4 Å². The molecule has 0 spiro atoms. The van der Waals surface area contributed by atoms with Crippen molar-refractivity contribution in [2.45, 2.75) is 19.8 Å². The molecular weight excluding hydrogens is 444 g/mol. The van der Waals surface area contributed by atoms with Crippen molar-refractivity contribution < 1.29 is 23.9 Å². The number of hydrogen-bond acceptors (Lipinski definition) is 5.